The van der Waals surface area contributed by atoms with Crippen LogP contribution in [0.5, 0.6) is 0 Å². The van der Waals surface area contributed by atoms with Crippen molar-refractivity contribution in [2.24, 2.45) is 0 Å². The minimum atomic E-state index is -2.82. The summed E-state index contributed by atoms with van der Waals surface area (Å²) in [5.74, 6) is -2.59. The molecule has 29 heavy (non-hydrogen) atoms. The Morgan fingerprint density at radius 2 is 1.79 bits per heavy atom. The first-order chi connectivity index (χ1) is 14.0. The average molecular weight is 398 g/mol. The number of amides is 2. The van der Waals surface area contributed by atoms with Crippen molar-refractivity contribution >= 4 is 23.4 Å². The van der Waals surface area contributed by atoms with E-state index in [1.165, 1.54) is 18.2 Å². The molecule has 0 unspecified atom stereocenters. The van der Waals surface area contributed by atoms with Crippen LogP contribution in [0.25, 0.3) is 5.65 Å². The number of carbonyl (C=O) groups excluding carboxylic acids is 3. The zero-order chi connectivity index (χ0) is 20.3. The number of hydroxylamine groups is 2. The van der Waals surface area contributed by atoms with Gasteiger partial charge in [-0.05, 0) is 31.0 Å². The fraction of sp³-hybridized carbons (Fsp3) is 0.211. The second-order valence-corrected chi connectivity index (χ2v) is 6.80. The van der Waals surface area contributed by atoms with Crippen LogP contribution in [-0.4, -0.2) is 37.4 Å². The van der Waals surface area contributed by atoms with Gasteiger partial charge in [0.15, 0.2) is 5.65 Å². The molecule has 0 N–H and O–H groups in total. The molecule has 3 aromatic rings. The molecule has 1 aliphatic heterocycles. The largest absolute Gasteiger partial charge is 0.369 e. The highest BCUT2D eigenvalue weighted by Crippen LogP contribution is 2.40. The summed E-state index contributed by atoms with van der Waals surface area (Å²) in [6, 6.07) is 7.32. The van der Waals surface area contributed by atoms with E-state index < -0.39 is 29.9 Å². The SMILES string of the molecule is O=C(ON1C(=O)c2ccccc2C1=O)c1cnn2c(C(F)F)cc(C3CC3)nc12. The van der Waals surface area contributed by atoms with Crippen molar-refractivity contribution in [3.05, 3.63) is 64.6 Å². The van der Waals surface area contributed by atoms with Gasteiger partial charge in [0.25, 0.3) is 18.2 Å². The molecule has 0 atom stereocenters. The van der Waals surface area contributed by atoms with E-state index in [-0.39, 0.29) is 28.3 Å². The third-order valence-corrected chi connectivity index (χ3v) is 4.89. The minimum absolute atomic E-state index is 0.0625. The number of rotatable bonds is 4. The lowest BCUT2D eigenvalue weighted by atomic mass is 10.1. The molecular formula is C19H12F2N4O4. The van der Waals surface area contributed by atoms with Gasteiger partial charge >= 0.3 is 5.97 Å². The topological polar surface area (TPSA) is 93.9 Å². The number of hydrogen-bond donors (Lipinski definition) is 0. The van der Waals surface area contributed by atoms with Gasteiger partial charge in [0.05, 0.1) is 17.3 Å². The molecule has 2 aromatic heterocycles. The molecule has 2 amide bonds. The summed E-state index contributed by atoms with van der Waals surface area (Å²) in [5, 5.41) is 4.18. The van der Waals surface area contributed by atoms with Gasteiger partial charge in [0.1, 0.15) is 11.3 Å². The number of carbonyl (C=O) groups is 3. The van der Waals surface area contributed by atoms with Gasteiger partial charge in [0.2, 0.25) is 0 Å². The van der Waals surface area contributed by atoms with Crippen LogP contribution in [-0.2, 0) is 4.84 Å². The Morgan fingerprint density at radius 1 is 1.14 bits per heavy atom. The number of benzene rings is 1. The van der Waals surface area contributed by atoms with Crippen molar-refractivity contribution in [2.45, 2.75) is 25.2 Å². The lowest BCUT2D eigenvalue weighted by Gasteiger charge is -2.12. The maximum atomic E-state index is 13.5. The summed E-state index contributed by atoms with van der Waals surface area (Å²) in [6.07, 6.45) is -0.132. The van der Waals surface area contributed by atoms with E-state index >= 15 is 0 Å². The number of nitrogens with zero attached hydrogens (tertiary/aromatic N) is 4. The summed E-state index contributed by atoms with van der Waals surface area (Å²) < 4.78 is 27.8. The van der Waals surface area contributed by atoms with Crippen molar-refractivity contribution in [3.8, 4) is 0 Å². The Hall–Kier alpha value is -3.69. The zero-order valence-corrected chi connectivity index (χ0v) is 14.7. The first kappa shape index (κ1) is 17.4. The molecule has 1 aliphatic carbocycles. The second-order valence-electron chi connectivity index (χ2n) is 6.80. The lowest BCUT2D eigenvalue weighted by molar-refractivity contribution is -0.0583. The molecule has 3 heterocycles. The van der Waals surface area contributed by atoms with Crippen molar-refractivity contribution < 1.29 is 28.0 Å². The quantitative estimate of drug-likeness (QED) is 0.628. The number of aromatic nitrogens is 3. The van der Waals surface area contributed by atoms with Gasteiger partial charge in [-0.2, -0.15) is 5.10 Å². The Morgan fingerprint density at radius 3 is 2.38 bits per heavy atom. The number of alkyl halides is 2. The smallest absolute Gasteiger partial charge is 0.324 e. The van der Waals surface area contributed by atoms with E-state index in [1.807, 2.05) is 0 Å². The van der Waals surface area contributed by atoms with E-state index in [0.29, 0.717) is 10.8 Å². The highest BCUT2D eigenvalue weighted by atomic mass is 19.3. The van der Waals surface area contributed by atoms with E-state index in [9.17, 15) is 23.2 Å². The normalized spacial score (nSPS) is 16.0. The van der Waals surface area contributed by atoms with Crippen LogP contribution in [0.1, 0.15) is 67.6 Å². The highest BCUT2D eigenvalue weighted by molar-refractivity contribution is 6.21. The number of halogens is 2. The third kappa shape index (κ3) is 2.67. The van der Waals surface area contributed by atoms with E-state index in [0.717, 1.165) is 23.6 Å². The molecule has 5 rings (SSSR count). The average Bonchev–Trinajstić information content (AvgIpc) is 3.44. The zero-order valence-electron chi connectivity index (χ0n) is 14.7. The van der Waals surface area contributed by atoms with Gasteiger partial charge in [0, 0.05) is 11.6 Å². The van der Waals surface area contributed by atoms with E-state index in [1.54, 1.807) is 12.1 Å². The molecule has 10 heteroatoms. The fourth-order valence-corrected chi connectivity index (χ4v) is 3.28. The predicted octanol–water partition coefficient (Wildman–Crippen LogP) is 2.91. The molecule has 1 saturated carbocycles. The summed E-state index contributed by atoms with van der Waals surface area (Å²) in [7, 11) is 0. The Labute approximate surface area is 161 Å². The van der Waals surface area contributed by atoms with Gasteiger partial charge in [-0.3, -0.25) is 9.59 Å². The number of imide groups is 1. The molecule has 1 aromatic carbocycles. The summed E-state index contributed by atoms with van der Waals surface area (Å²) in [5.41, 5.74) is -0.0457. The lowest BCUT2D eigenvalue weighted by Crippen LogP contribution is -2.32. The Kier molecular flexibility index (Phi) is 3.70. The highest BCUT2D eigenvalue weighted by Gasteiger charge is 2.39. The minimum Gasteiger partial charge on any atom is -0.324 e. The summed E-state index contributed by atoms with van der Waals surface area (Å²) in [6.45, 7) is 0. The Balaban J connectivity index is 1.51. The van der Waals surface area contributed by atoms with E-state index in [4.69, 9.17) is 4.84 Å². The van der Waals surface area contributed by atoms with Gasteiger partial charge < -0.3 is 4.84 Å². The van der Waals surface area contributed by atoms with Crippen LogP contribution in [0.4, 0.5) is 8.78 Å². The predicted molar refractivity (Wildman–Crippen MR) is 92.3 cm³/mol. The van der Waals surface area contributed by atoms with Crippen molar-refractivity contribution in [3.63, 3.8) is 0 Å². The van der Waals surface area contributed by atoms with Crippen LogP contribution >= 0.6 is 0 Å². The summed E-state index contributed by atoms with van der Waals surface area (Å²) in [4.78, 5) is 46.7. The van der Waals surface area contributed by atoms with Gasteiger partial charge in [-0.1, -0.05) is 17.2 Å². The molecule has 8 nitrogen and oxygen atoms in total. The first-order valence-electron chi connectivity index (χ1n) is 8.82. The molecule has 2 aliphatic rings. The van der Waals surface area contributed by atoms with Crippen molar-refractivity contribution in [1.82, 2.24) is 19.7 Å². The summed E-state index contributed by atoms with van der Waals surface area (Å²) >= 11 is 0. The fourth-order valence-electron chi connectivity index (χ4n) is 3.28. The standard InChI is InChI=1S/C19H12F2N4O4/c20-15(21)14-7-13(9-5-6-9)23-16-12(8-22-24(14)16)19(28)29-25-17(26)10-3-1-2-4-11(10)18(25)27/h1-4,7-9,15H,5-6H2. The Bertz CT molecular complexity index is 1170. The second kappa shape index (κ2) is 6.16. The number of fused-ring (bicyclic) bond motifs is 2. The molecule has 0 saturated heterocycles. The molecule has 0 spiro atoms. The van der Waals surface area contributed by atoms with Crippen LogP contribution in [0.15, 0.2) is 36.5 Å². The van der Waals surface area contributed by atoms with E-state index in [2.05, 4.69) is 10.1 Å². The molecule has 0 bridgehead atoms. The molecular weight excluding hydrogens is 386 g/mol. The number of hydrogen-bond acceptors (Lipinski definition) is 6. The van der Waals surface area contributed by atoms with Crippen LogP contribution in [0.3, 0.4) is 0 Å². The van der Waals surface area contributed by atoms with Crippen LogP contribution in [0, 0.1) is 0 Å². The van der Waals surface area contributed by atoms with Gasteiger partial charge in [-0.25, -0.2) is 23.1 Å². The van der Waals surface area contributed by atoms with Gasteiger partial charge in [-0.15, -0.1) is 0 Å². The monoisotopic (exact) mass is 398 g/mol. The third-order valence-electron chi connectivity index (χ3n) is 4.89. The molecule has 0 radical (unpaired) electrons. The maximum Gasteiger partial charge on any atom is 0.369 e. The van der Waals surface area contributed by atoms with Crippen LogP contribution in [0.2, 0.25) is 0 Å². The molecule has 146 valence electrons. The first-order valence-corrected chi connectivity index (χ1v) is 8.82. The van der Waals surface area contributed by atoms with Crippen molar-refractivity contribution in [1.29, 1.82) is 0 Å². The van der Waals surface area contributed by atoms with Crippen LogP contribution < -0.4 is 0 Å². The molecule has 1 fully saturated rings. The van der Waals surface area contributed by atoms with Crippen molar-refractivity contribution in [2.75, 3.05) is 0 Å². The maximum absolute atomic E-state index is 13.5.